The number of nitrogens with zero attached hydrogens (tertiary/aromatic N) is 1. The van der Waals surface area contributed by atoms with E-state index in [0.717, 1.165) is 6.07 Å². The van der Waals surface area contributed by atoms with Crippen LogP contribution in [0, 0.1) is 0 Å². The molecule has 2 rings (SSSR count). The molecule has 0 amide bonds. The molecular weight excluding hydrogens is 338 g/mol. The number of likely N-dealkylation sites (tertiary alicyclic amines) is 1. The molecule has 9 heteroatoms. The lowest BCUT2D eigenvalue weighted by molar-refractivity contribution is -0.138. The van der Waals surface area contributed by atoms with Gasteiger partial charge in [0.1, 0.15) is 5.75 Å². The van der Waals surface area contributed by atoms with Crippen LogP contribution in [0.4, 0.5) is 17.1 Å². The van der Waals surface area contributed by atoms with Gasteiger partial charge in [-0.25, -0.2) is 0 Å². The SMILES string of the molecule is COc1ccc(C(F)(F)F)c(C2CCCN2CCS(=O)(=O)F)c1. The number of alkyl halides is 3. The average Bonchev–Trinajstić information content (AvgIpc) is 2.91. The van der Waals surface area contributed by atoms with Gasteiger partial charge < -0.3 is 4.74 Å². The molecule has 1 atom stereocenters. The van der Waals surface area contributed by atoms with Gasteiger partial charge in [-0.3, -0.25) is 4.90 Å². The predicted molar refractivity (Wildman–Crippen MR) is 76.4 cm³/mol. The molecule has 4 nitrogen and oxygen atoms in total. The lowest BCUT2D eigenvalue weighted by Gasteiger charge is -2.27. The fraction of sp³-hybridized carbons (Fsp3) is 0.571. The lowest BCUT2D eigenvalue weighted by Crippen LogP contribution is -2.29. The second-order valence-corrected chi connectivity index (χ2v) is 6.87. The Kier molecular flexibility index (Phi) is 5.20. The number of hydrogen-bond donors (Lipinski definition) is 0. The van der Waals surface area contributed by atoms with Crippen LogP contribution in [0.25, 0.3) is 0 Å². The molecule has 0 aliphatic carbocycles. The number of hydrogen-bond acceptors (Lipinski definition) is 4. The van der Waals surface area contributed by atoms with Gasteiger partial charge in [-0.15, -0.1) is 3.89 Å². The van der Waals surface area contributed by atoms with Gasteiger partial charge in [0.25, 0.3) is 0 Å². The van der Waals surface area contributed by atoms with Crippen LogP contribution < -0.4 is 4.74 Å². The third-order valence-corrected chi connectivity index (χ3v) is 4.58. The van der Waals surface area contributed by atoms with Crippen LogP contribution in [-0.4, -0.2) is 39.3 Å². The molecule has 0 radical (unpaired) electrons. The highest BCUT2D eigenvalue weighted by Gasteiger charge is 2.38. The zero-order valence-electron chi connectivity index (χ0n) is 12.4. The summed E-state index contributed by atoms with van der Waals surface area (Å²) in [7, 11) is -3.30. The summed E-state index contributed by atoms with van der Waals surface area (Å²) in [6, 6.07) is 2.90. The molecule has 1 saturated heterocycles. The smallest absolute Gasteiger partial charge is 0.416 e. The Morgan fingerprint density at radius 1 is 1.35 bits per heavy atom. The Labute approximate surface area is 132 Å². The minimum Gasteiger partial charge on any atom is -0.497 e. The van der Waals surface area contributed by atoms with Crippen molar-refractivity contribution >= 4 is 10.2 Å². The predicted octanol–water partition coefficient (Wildman–Crippen LogP) is 3.15. The number of ether oxygens (including phenoxy) is 1. The van der Waals surface area contributed by atoms with Crippen LogP contribution in [0.5, 0.6) is 5.75 Å². The van der Waals surface area contributed by atoms with Gasteiger partial charge >= 0.3 is 16.4 Å². The van der Waals surface area contributed by atoms with Crippen molar-refractivity contribution in [3.63, 3.8) is 0 Å². The van der Waals surface area contributed by atoms with Crippen molar-refractivity contribution in [2.24, 2.45) is 0 Å². The third-order valence-electron chi connectivity index (χ3n) is 3.91. The highest BCUT2D eigenvalue weighted by molar-refractivity contribution is 7.86. The molecule has 0 saturated carbocycles. The monoisotopic (exact) mass is 355 g/mol. The molecule has 130 valence electrons. The number of methoxy groups -OCH3 is 1. The van der Waals surface area contributed by atoms with E-state index in [1.54, 1.807) is 4.90 Å². The van der Waals surface area contributed by atoms with Crippen LogP contribution in [0.15, 0.2) is 18.2 Å². The maximum absolute atomic E-state index is 13.2. The Hall–Kier alpha value is -1.35. The van der Waals surface area contributed by atoms with Crippen molar-refractivity contribution in [2.75, 3.05) is 26.0 Å². The van der Waals surface area contributed by atoms with E-state index in [-0.39, 0.29) is 17.9 Å². The maximum Gasteiger partial charge on any atom is 0.416 e. The summed E-state index contributed by atoms with van der Waals surface area (Å²) in [5.41, 5.74) is -0.746. The zero-order chi connectivity index (χ0) is 17.3. The first-order chi connectivity index (χ1) is 10.6. The summed E-state index contributed by atoms with van der Waals surface area (Å²) in [6.07, 6.45) is -3.46. The lowest BCUT2D eigenvalue weighted by atomic mass is 9.97. The minimum absolute atomic E-state index is 0.0330. The standard InChI is InChI=1S/C14H17F4NO3S/c1-22-10-4-5-12(14(15,16)17)11(9-10)13-3-2-6-19(13)7-8-23(18,20)21/h4-5,9,13H,2-3,6-8H2,1H3. The molecule has 1 aromatic carbocycles. The van der Waals surface area contributed by atoms with Crippen molar-refractivity contribution in [3.05, 3.63) is 29.3 Å². The number of benzene rings is 1. The molecule has 1 fully saturated rings. The third kappa shape index (κ3) is 4.57. The van der Waals surface area contributed by atoms with E-state index >= 15 is 0 Å². The molecule has 1 aliphatic heterocycles. The number of halogens is 4. The van der Waals surface area contributed by atoms with Gasteiger partial charge in [-0.1, -0.05) is 0 Å². The van der Waals surface area contributed by atoms with Crippen LogP contribution in [0.3, 0.4) is 0 Å². The Bertz CT molecular complexity index is 660. The van der Waals surface area contributed by atoms with Crippen LogP contribution >= 0.6 is 0 Å². The Balaban J connectivity index is 2.34. The molecule has 23 heavy (non-hydrogen) atoms. The molecule has 0 aromatic heterocycles. The minimum atomic E-state index is -4.66. The molecule has 1 unspecified atom stereocenters. The highest BCUT2D eigenvalue weighted by atomic mass is 32.3. The molecule has 1 heterocycles. The van der Waals surface area contributed by atoms with E-state index in [1.165, 1.54) is 19.2 Å². The molecule has 0 spiro atoms. The summed E-state index contributed by atoms with van der Waals surface area (Å²) in [4.78, 5) is 1.57. The van der Waals surface area contributed by atoms with Gasteiger partial charge in [0.2, 0.25) is 0 Å². The molecular formula is C14H17F4NO3S. The quantitative estimate of drug-likeness (QED) is 0.601. The Morgan fingerprint density at radius 3 is 2.61 bits per heavy atom. The van der Waals surface area contributed by atoms with Gasteiger partial charge in [-0.05, 0) is 43.1 Å². The van der Waals surface area contributed by atoms with Crippen molar-refractivity contribution in [3.8, 4) is 5.75 Å². The highest BCUT2D eigenvalue weighted by Crippen LogP contribution is 2.41. The average molecular weight is 355 g/mol. The molecule has 0 N–H and O–H groups in total. The van der Waals surface area contributed by atoms with E-state index in [0.29, 0.717) is 19.4 Å². The van der Waals surface area contributed by atoms with E-state index in [4.69, 9.17) is 4.74 Å². The van der Waals surface area contributed by atoms with Crippen molar-refractivity contribution in [1.82, 2.24) is 4.90 Å². The van der Waals surface area contributed by atoms with Crippen molar-refractivity contribution in [1.29, 1.82) is 0 Å². The maximum atomic E-state index is 13.2. The van der Waals surface area contributed by atoms with Crippen LogP contribution in [0.1, 0.15) is 30.0 Å². The van der Waals surface area contributed by atoms with Crippen molar-refractivity contribution < 1.29 is 30.2 Å². The second kappa shape index (κ2) is 6.64. The first-order valence-corrected chi connectivity index (χ1v) is 8.58. The second-order valence-electron chi connectivity index (χ2n) is 5.39. The van der Waals surface area contributed by atoms with Crippen LogP contribution in [0.2, 0.25) is 0 Å². The van der Waals surface area contributed by atoms with E-state index in [2.05, 4.69) is 0 Å². The first-order valence-electron chi connectivity index (χ1n) is 7.03. The van der Waals surface area contributed by atoms with E-state index in [1.807, 2.05) is 0 Å². The van der Waals surface area contributed by atoms with Crippen LogP contribution in [-0.2, 0) is 16.4 Å². The van der Waals surface area contributed by atoms with Crippen molar-refractivity contribution in [2.45, 2.75) is 25.1 Å². The fourth-order valence-electron chi connectivity index (χ4n) is 2.87. The molecule has 1 aromatic rings. The summed E-state index contributed by atoms with van der Waals surface area (Å²) in [6.45, 7) is 0.284. The largest absolute Gasteiger partial charge is 0.497 e. The fourth-order valence-corrected chi connectivity index (χ4v) is 3.33. The zero-order valence-corrected chi connectivity index (χ0v) is 13.3. The summed E-state index contributed by atoms with van der Waals surface area (Å²) < 4.78 is 78.7. The van der Waals surface area contributed by atoms with Gasteiger partial charge in [0.05, 0.1) is 18.4 Å². The summed E-state index contributed by atoms with van der Waals surface area (Å²) in [5, 5.41) is 0. The van der Waals surface area contributed by atoms with E-state index < -0.39 is 33.8 Å². The summed E-state index contributed by atoms with van der Waals surface area (Å²) in [5.74, 6) is -0.438. The Morgan fingerprint density at radius 2 is 2.04 bits per heavy atom. The molecule has 0 bridgehead atoms. The van der Waals surface area contributed by atoms with Gasteiger partial charge in [0, 0.05) is 12.6 Å². The van der Waals surface area contributed by atoms with Gasteiger partial charge in [0.15, 0.2) is 0 Å². The van der Waals surface area contributed by atoms with Gasteiger partial charge in [-0.2, -0.15) is 21.6 Å². The topological polar surface area (TPSA) is 46.6 Å². The summed E-state index contributed by atoms with van der Waals surface area (Å²) >= 11 is 0. The normalized spacial score (nSPS) is 20.0. The molecule has 1 aliphatic rings. The first kappa shape index (κ1) is 18.0. The van der Waals surface area contributed by atoms with E-state index in [9.17, 15) is 25.5 Å². The number of rotatable bonds is 5.